The van der Waals surface area contributed by atoms with Gasteiger partial charge in [-0.25, -0.2) is 9.78 Å². The first-order valence-corrected chi connectivity index (χ1v) is 16.4. The Labute approximate surface area is 270 Å². The van der Waals surface area contributed by atoms with Crippen LogP contribution >= 0.6 is 23.4 Å². The van der Waals surface area contributed by atoms with E-state index in [0.29, 0.717) is 45.4 Å². The number of carbonyl (C=O) groups is 3. The first-order valence-electron chi connectivity index (χ1n) is 15.0. The molecule has 0 aliphatic heterocycles. The SMILES string of the molecule is CCOC(=O)c1ccc(NC(=O)CSc2nc3ccccc3c(=O)n2CC2CCC(C(=O)NCc3ccccc3Cl)CC2)cc1. The third-order valence-electron chi connectivity index (χ3n) is 7.91. The number of hydrogen-bond donors (Lipinski definition) is 2. The first kappa shape index (κ1) is 32.2. The van der Waals surface area contributed by atoms with Crippen molar-refractivity contribution in [3.8, 4) is 0 Å². The molecule has 3 aromatic carbocycles. The maximum Gasteiger partial charge on any atom is 0.338 e. The number of anilines is 1. The van der Waals surface area contributed by atoms with E-state index in [2.05, 4.69) is 10.6 Å². The van der Waals surface area contributed by atoms with Gasteiger partial charge in [0, 0.05) is 29.7 Å². The number of halogens is 1. The minimum atomic E-state index is -0.420. The van der Waals surface area contributed by atoms with Gasteiger partial charge >= 0.3 is 5.97 Å². The second-order valence-corrected chi connectivity index (χ2v) is 12.3. The summed E-state index contributed by atoms with van der Waals surface area (Å²) < 4.78 is 6.68. The Kier molecular flexibility index (Phi) is 10.9. The number of para-hydroxylation sites is 1. The lowest BCUT2D eigenvalue weighted by Gasteiger charge is -2.28. The molecule has 1 aromatic heterocycles. The number of nitrogens with zero attached hydrogens (tertiary/aromatic N) is 2. The maximum absolute atomic E-state index is 13.6. The summed E-state index contributed by atoms with van der Waals surface area (Å²) in [6.45, 7) is 2.88. The van der Waals surface area contributed by atoms with E-state index in [4.69, 9.17) is 21.3 Å². The van der Waals surface area contributed by atoms with E-state index in [0.717, 1.165) is 31.2 Å². The zero-order chi connectivity index (χ0) is 31.8. The van der Waals surface area contributed by atoms with Crippen LogP contribution in [0.4, 0.5) is 5.69 Å². The Morgan fingerprint density at radius 3 is 2.42 bits per heavy atom. The largest absolute Gasteiger partial charge is 0.462 e. The number of amides is 2. The average molecular weight is 647 g/mol. The fraction of sp³-hybridized carbons (Fsp3) is 0.324. The number of aromatic nitrogens is 2. The van der Waals surface area contributed by atoms with E-state index in [1.807, 2.05) is 36.4 Å². The van der Waals surface area contributed by atoms with E-state index in [-0.39, 0.29) is 41.6 Å². The molecule has 5 rings (SSSR count). The molecule has 0 radical (unpaired) electrons. The predicted octanol–water partition coefficient (Wildman–Crippen LogP) is 6.08. The highest BCUT2D eigenvalue weighted by molar-refractivity contribution is 7.99. The maximum atomic E-state index is 13.6. The molecule has 0 atom stereocenters. The summed E-state index contributed by atoms with van der Waals surface area (Å²) in [6, 6.07) is 21.2. The summed E-state index contributed by atoms with van der Waals surface area (Å²) in [5, 5.41) is 7.49. The van der Waals surface area contributed by atoms with Crippen molar-refractivity contribution in [3.05, 3.63) is 99.3 Å². The molecule has 1 heterocycles. The van der Waals surface area contributed by atoms with E-state index in [1.165, 1.54) is 11.8 Å². The second-order valence-electron chi connectivity index (χ2n) is 11.0. The standard InChI is InChI=1S/C34H35ClN4O5S/c1-2-44-33(43)24-15-17-26(18-16-24)37-30(40)21-45-34-38-29-10-6-4-8-27(29)32(42)39(34)20-22-11-13-23(14-12-22)31(41)36-19-25-7-3-5-9-28(25)35/h3-10,15-18,22-23H,2,11-14,19-21H2,1H3,(H,36,41)(H,37,40). The summed E-state index contributed by atoms with van der Waals surface area (Å²) in [6.07, 6.45) is 3.06. The molecule has 11 heteroatoms. The van der Waals surface area contributed by atoms with Crippen LogP contribution in [0.2, 0.25) is 5.02 Å². The van der Waals surface area contributed by atoms with Gasteiger partial charge in [0.15, 0.2) is 5.16 Å². The number of benzene rings is 3. The van der Waals surface area contributed by atoms with Gasteiger partial charge < -0.3 is 15.4 Å². The molecule has 2 N–H and O–H groups in total. The normalized spacial score (nSPS) is 16.2. The van der Waals surface area contributed by atoms with Gasteiger partial charge in [0.05, 0.1) is 28.8 Å². The van der Waals surface area contributed by atoms with E-state index in [1.54, 1.807) is 47.9 Å². The van der Waals surface area contributed by atoms with E-state index in [9.17, 15) is 19.2 Å². The molecule has 1 fully saturated rings. The van der Waals surface area contributed by atoms with E-state index < -0.39 is 5.97 Å². The van der Waals surface area contributed by atoms with Gasteiger partial charge in [0.1, 0.15) is 0 Å². The van der Waals surface area contributed by atoms with Crippen molar-refractivity contribution in [2.75, 3.05) is 17.7 Å². The molecule has 1 aliphatic rings. The number of carbonyl (C=O) groups excluding carboxylic acids is 3. The summed E-state index contributed by atoms with van der Waals surface area (Å²) in [4.78, 5) is 56.0. The molecule has 1 saturated carbocycles. The zero-order valence-electron chi connectivity index (χ0n) is 25.0. The predicted molar refractivity (Wildman–Crippen MR) is 177 cm³/mol. The van der Waals surface area contributed by atoms with Gasteiger partial charge in [-0.1, -0.05) is 53.7 Å². The van der Waals surface area contributed by atoms with Gasteiger partial charge in [0.25, 0.3) is 5.56 Å². The minimum Gasteiger partial charge on any atom is -0.462 e. The number of fused-ring (bicyclic) bond motifs is 1. The highest BCUT2D eigenvalue weighted by Gasteiger charge is 2.27. The Morgan fingerprint density at radius 2 is 1.69 bits per heavy atom. The zero-order valence-corrected chi connectivity index (χ0v) is 26.5. The van der Waals surface area contributed by atoms with Crippen molar-refractivity contribution >= 4 is 57.7 Å². The summed E-state index contributed by atoms with van der Waals surface area (Å²) in [5.74, 6) is -0.500. The van der Waals surface area contributed by atoms with Crippen molar-refractivity contribution < 1.29 is 19.1 Å². The average Bonchev–Trinajstić information content (AvgIpc) is 3.05. The van der Waals surface area contributed by atoms with Crippen molar-refractivity contribution in [1.29, 1.82) is 0 Å². The monoisotopic (exact) mass is 646 g/mol. The lowest BCUT2D eigenvalue weighted by molar-refractivity contribution is -0.126. The molecular formula is C34H35ClN4O5S. The summed E-state index contributed by atoms with van der Waals surface area (Å²) >= 11 is 7.44. The molecule has 45 heavy (non-hydrogen) atoms. The number of hydrogen-bond acceptors (Lipinski definition) is 7. The molecule has 234 valence electrons. The van der Waals surface area contributed by atoms with Crippen LogP contribution in [-0.4, -0.2) is 39.7 Å². The van der Waals surface area contributed by atoms with Crippen LogP contribution < -0.4 is 16.2 Å². The van der Waals surface area contributed by atoms with Crippen LogP contribution in [0.3, 0.4) is 0 Å². The van der Waals surface area contributed by atoms with Crippen molar-refractivity contribution in [2.45, 2.75) is 50.9 Å². The van der Waals surface area contributed by atoms with Crippen LogP contribution in [0.25, 0.3) is 10.9 Å². The fourth-order valence-corrected chi connectivity index (χ4v) is 6.50. The van der Waals surface area contributed by atoms with Crippen LogP contribution in [0.1, 0.15) is 48.5 Å². The first-order chi connectivity index (χ1) is 21.8. The van der Waals surface area contributed by atoms with Gasteiger partial charge in [-0.05, 0) is 86.6 Å². The Balaban J connectivity index is 1.21. The van der Waals surface area contributed by atoms with Crippen molar-refractivity contribution in [3.63, 3.8) is 0 Å². The van der Waals surface area contributed by atoms with E-state index >= 15 is 0 Å². The number of ether oxygens (including phenoxy) is 1. The van der Waals surface area contributed by atoms with Crippen LogP contribution in [0, 0.1) is 11.8 Å². The summed E-state index contributed by atoms with van der Waals surface area (Å²) in [7, 11) is 0. The number of nitrogens with one attached hydrogen (secondary N) is 2. The van der Waals surface area contributed by atoms with Crippen LogP contribution in [0.15, 0.2) is 82.7 Å². The highest BCUT2D eigenvalue weighted by atomic mass is 35.5. The molecular weight excluding hydrogens is 612 g/mol. The van der Waals surface area contributed by atoms with Gasteiger partial charge in [-0.2, -0.15) is 0 Å². The third kappa shape index (κ3) is 8.32. The molecule has 0 spiro atoms. The van der Waals surface area contributed by atoms with Crippen molar-refractivity contribution in [1.82, 2.24) is 14.9 Å². The van der Waals surface area contributed by atoms with Crippen molar-refractivity contribution in [2.24, 2.45) is 11.8 Å². The fourth-order valence-electron chi connectivity index (χ4n) is 5.48. The number of thioether (sulfide) groups is 1. The molecule has 2 amide bonds. The lowest BCUT2D eigenvalue weighted by Crippen LogP contribution is -2.34. The molecule has 4 aromatic rings. The molecule has 1 aliphatic carbocycles. The topological polar surface area (TPSA) is 119 Å². The molecule has 0 saturated heterocycles. The smallest absolute Gasteiger partial charge is 0.338 e. The third-order valence-corrected chi connectivity index (χ3v) is 9.25. The highest BCUT2D eigenvalue weighted by Crippen LogP contribution is 2.31. The Morgan fingerprint density at radius 1 is 0.978 bits per heavy atom. The Hall–Kier alpha value is -4.15. The van der Waals surface area contributed by atoms with Gasteiger partial charge in [-0.15, -0.1) is 0 Å². The molecule has 9 nitrogen and oxygen atoms in total. The Bertz CT molecular complexity index is 1740. The second kappa shape index (κ2) is 15.2. The van der Waals surface area contributed by atoms with Gasteiger partial charge in [-0.3, -0.25) is 19.0 Å². The summed E-state index contributed by atoms with van der Waals surface area (Å²) in [5.41, 5.74) is 2.27. The molecule has 0 unspecified atom stereocenters. The number of rotatable bonds is 11. The molecule has 0 bridgehead atoms. The quantitative estimate of drug-likeness (QED) is 0.115. The van der Waals surface area contributed by atoms with Gasteiger partial charge in [0.2, 0.25) is 11.8 Å². The minimum absolute atomic E-state index is 0.0238. The van der Waals surface area contributed by atoms with Crippen LogP contribution in [0.5, 0.6) is 0 Å². The lowest BCUT2D eigenvalue weighted by atomic mass is 9.81. The van der Waals surface area contributed by atoms with Crippen LogP contribution in [-0.2, 0) is 27.4 Å². The number of esters is 1.